The Bertz CT molecular complexity index is 880. The Morgan fingerprint density at radius 1 is 0.857 bits per heavy atom. The number of benzene rings is 2. The summed E-state index contributed by atoms with van der Waals surface area (Å²) in [6.45, 7) is 8.49. The molecule has 0 aromatic heterocycles. The zero-order valence-corrected chi connectivity index (χ0v) is 15.2. The maximum atomic E-state index is 12.2. The van der Waals surface area contributed by atoms with Gasteiger partial charge in [-0.25, -0.2) is 14.4 Å². The fourth-order valence-electron chi connectivity index (χ4n) is 1.85. The maximum absolute atomic E-state index is 12.2. The minimum Gasteiger partial charge on any atom is -0.430 e. The summed E-state index contributed by atoms with van der Waals surface area (Å²) in [7, 11) is 0. The van der Waals surface area contributed by atoms with Gasteiger partial charge in [0.25, 0.3) is 0 Å². The van der Waals surface area contributed by atoms with Crippen molar-refractivity contribution in [2.75, 3.05) is 6.61 Å². The van der Waals surface area contributed by atoms with E-state index in [0.29, 0.717) is 5.75 Å². The highest BCUT2D eigenvalue weighted by Gasteiger charge is 2.11. The van der Waals surface area contributed by atoms with Gasteiger partial charge in [0.1, 0.15) is 23.9 Å². The molecule has 0 unspecified atom stereocenters. The Kier molecular flexibility index (Phi) is 7.10. The molecule has 0 saturated heterocycles. The van der Waals surface area contributed by atoms with Crippen LogP contribution in [0.4, 0.5) is 4.79 Å². The molecule has 0 saturated carbocycles. The van der Waals surface area contributed by atoms with E-state index in [-0.39, 0.29) is 29.2 Å². The van der Waals surface area contributed by atoms with Crippen LogP contribution in [0, 0.1) is 0 Å². The van der Waals surface area contributed by atoms with Crippen molar-refractivity contribution in [2.24, 2.45) is 0 Å². The number of rotatable bonds is 7. The first kappa shape index (κ1) is 20.4. The Morgan fingerprint density at radius 3 is 1.89 bits per heavy atom. The molecule has 144 valence electrons. The van der Waals surface area contributed by atoms with Crippen LogP contribution in [0.2, 0.25) is 0 Å². The molecule has 2 aromatic rings. The fraction of sp³-hybridized carbons (Fsp3) is 0.0952. The molecule has 0 fully saturated rings. The van der Waals surface area contributed by atoms with E-state index in [1.54, 1.807) is 6.92 Å². The molecule has 0 bridgehead atoms. The lowest BCUT2D eigenvalue weighted by atomic mass is 10.2. The lowest BCUT2D eigenvalue weighted by Crippen LogP contribution is -2.11. The molecule has 0 aliphatic heterocycles. The molecule has 0 aliphatic rings. The van der Waals surface area contributed by atoms with Crippen LogP contribution in [0.25, 0.3) is 0 Å². The van der Waals surface area contributed by atoms with Crippen molar-refractivity contribution in [3.8, 4) is 17.2 Å². The van der Waals surface area contributed by atoms with E-state index < -0.39 is 18.1 Å². The molecule has 0 radical (unpaired) electrons. The van der Waals surface area contributed by atoms with Crippen LogP contribution in [0.1, 0.15) is 17.3 Å². The second-order valence-corrected chi connectivity index (χ2v) is 5.51. The van der Waals surface area contributed by atoms with Crippen molar-refractivity contribution in [1.29, 1.82) is 0 Å². The topological polar surface area (TPSA) is 88.1 Å². The summed E-state index contributed by atoms with van der Waals surface area (Å²) in [4.78, 5) is 35.0. The van der Waals surface area contributed by atoms with Gasteiger partial charge >= 0.3 is 18.1 Å². The van der Waals surface area contributed by atoms with Gasteiger partial charge in [-0.3, -0.25) is 0 Å². The molecule has 0 heterocycles. The largest absolute Gasteiger partial charge is 0.514 e. The molecule has 7 heteroatoms. The molecular weight excluding hydrogens is 364 g/mol. The van der Waals surface area contributed by atoms with Crippen molar-refractivity contribution in [2.45, 2.75) is 6.92 Å². The summed E-state index contributed by atoms with van der Waals surface area (Å²) in [6, 6.07) is 11.7. The van der Waals surface area contributed by atoms with Crippen molar-refractivity contribution in [3.05, 3.63) is 78.9 Å². The number of hydrogen-bond acceptors (Lipinski definition) is 7. The van der Waals surface area contributed by atoms with Crippen LogP contribution in [0.3, 0.4) is 0 Å². The summed E-state index contributed by atoms with van der Waals surface area (Å²) in [5.41, 5.74) is 0.529. The van der Waals surface area contributed by atoms with Gasteiger partial charge in [0.15, 0.2) is 0 Å². The molecule has 28 heavy (non-hydrogen) atoms. The van der Waals surface area contributed by atoms with Gasteiger partial charge in [0.05, 0.1) is 5.56 Å². The molecule has 7 nitrogen and oxygen atoms in total. The van der Waals surface area contributed by atoms with Crippen molar-refractivity contribution < 1.29 is 33.3 Å². The summed E-state index contributed by atoms with van der Waals surface area (Å²) < 4.78 is 19.9. The smallest absolute Gasteiger partial charge is 0.430 e. The highest BCUT2D eigenvalue weighted by atomic mass is 16.7. The van der Waals surface area contributed by atoms with Crippen molar-refractivity contribution in [1.82, 2.24) is 0 Å². The van der Waals surface area contributed by atoms with Gasteiger partial charge in [-0.2, -0.15) is 0 Å². The summed E-state index contributed by atoms with van der Waals surface area (Å²) in [5, 5.41) is 0. The third-order valence-electron chi connectivity index (χ3n) is 3.20. The first-order valence-corrected chi connectivity index (χ1v) is 8.14. The first-order valence-electron chi connectivity index (χ1n) is 8.14. The molecule has 2 aromatic carbocycles. The predicted octanol–water partition coefficient (Wildman–Crippen LogP) is 4.09. The number of ether oxygens (including phenoxy) is 4. The second-order valence-electron chi connectivity index (χ2n) is 5.51. The number of hydrogen-bond donors (Lipinski definition) is 0. The average molecular weight is 382 g/mol. The number of esters is 2. The normalized spacial score (nSPS) is 9.75. The Morgan fingerprint density at radius 2 is 1.36 bits per heavy atom. The Hall–Kier alpha value is -3.87. The van der Waals surface area contributed by atoms with Crippen LogP contribution in [0.15, 0.2) is 73.3 Å². The monoisotopic (exact) mass is 382 g/mol. The summed E-state index contributed by atoms with van der Waals surface area (Å²) in [6.07, 6.45) is 0.542. The van der Waals surface area contributed by atoms with E-state index in [2.05, 4.69) is 13.2 Å². The highest BCUT2D eigenvalue weighted by Crippen LogP contribution is 2.20. The maximum Gasteiger partial charge on any atom is 0.514 e. The quantitative estimate of drug-likeness (QED) is 0.234. The van der Waals surface area contributed by atoms with E-state index >= 15 is 0 Å². The molecule has 0 aliphatic carbocycles. The van der Waals surface area contributed by atoms with Gasteiger partial charge < -0.3 is 18.9 Å². The lowest BCUT2D eigenvalue weighted by molar-refractivity contribution is -0.130. The van der Waals surface area contributed by atoms with Crippen LogP contribution in [-0.4, -0.2) is 24.7 Å². The van der Waals surface area contributed by atoms with Crippen molar-refractivity contribution >= 4 is 18.1 Å². The van der Waals surface area contributed by atoms with E-state index in [1.807, 2.05) is 0 Å². The summed E-state index contributed by atoms with van der Waals surface area (Å²) >= 11 is 0. The van der Waals surface area contributed by atoms with Gasteiger partial charge in [0, 0.05) is 5.57 Å². The molecule has 2 rings (SSSR count). The van der Waals surface area contributed by atoms with E-state index in [4.69, 9.17) is 18.9 Å². The first-order chi connectivity index (χ1) is 13.4. The fourth-order valence-corrected chi connectivity index (χ4v) is 1.85. The number of carbonyl (C=O) groups is 3. The molecule has 0 spiro atoms. The van der Waals surface area contributed by atoms with Crippen LogP contribution in [0.5, 0.6) is 17.2 Å². The number of carbonyl (C=O) groups excluding carboxylic acids is 3. The third-order valence-corrected chi connectivity index (χ3v) is 3.20. The second kappa shape index (κ2) is 9.72. The van der Waals surface area contributed by atoms with Gasteiger partial charge in [0.2, 0.25) is 0 Å². The average Bonchev–Trinajstić information content (AvgIpc) is 2.68. The molecule has 0 atom stereocenters. The van der Waals surface area contributed by atoms with Crippen molar-refractivity contribution in [3.63, 3.8) is 0 Å². The highest BCUT2D eigenvalue weighted by molar-refractivity contribution is 5.91. The Balaban J connectivity index is 1.93. The third kappa shape index (κ3) is 6.14. The zero-order chi connectivity index (χ0) is 20.5. The van der Waals surface area contributed by atoms with Crippen LogP contribution in [-0.2, 0) is 9.53 Å². The minimum absolute atomic E-state index is 0.0361. The van der Waals surface area contributed by atoms with Gasteiger partial charge in [-0.05, 0) is 55.5 Å². The van der Waals surface area contributed by atoms with Crippen LogP contribution < -0.4 is 14.2 Å². The summed E-state index contributed by atoms with van der Waals surface area (Å²) in [5.74, 6) is -0.353. The standard InChI is InChI=1S/C21H18O7/c1-4-13-25-21(24)28-18-7-5-15(6-8-18)20(23)27-17-11-9-16(10-12-17)26-19(22)14(2)3/h4-12H,1-2,13H2,3H3. The minimum atomic E-state index is -0.873. The lowest BCUT2D eigenvalue weighted by Gasteiger charge is -2.07. The SMILES string of the molecule is C=CCOC(=O)Oc1ccc(C(=O)Oc2ccc(OC(=O)C(=C)C)cc2)cc1. The Labute approximate surface area is 161 Å². The zero-order valence-electron chi connectivity index (χ0n) is 15.2. The van der Waals surface area contributed by atoms with E-state index in [1.165, 1.54) is 54.6 Å². The van der Waals surface area contributed by atoms with Crippen LogP contribution >= 0.6 is 0 Å². The van der Waals surface area contributed by atoms with E-state index in [9.17, 15) is 14.4 Å². The molecule has 0 amide bonds. The molecular formula is C21H18O7. The van der Waals surface area contributed by atoms with E-state index in [0.717, 1.165) is 0 Å². The van der Waals surface area contributed by atoms with Gasteiger partial charge in [-0.15, -0.1) is 0 Å². The predicted molar refractivity (Wildman–Crippen MR) is 100 cm³/mol. The van der Waals surface area contributed by atoms with Gasteiger partial charge in [-0.1, -0.05) is 19.2 Å². The molecule has 0 N–H and O–H groups in total.